The van der Waals surface area contributed by atoms with Crippen LogP contribution in [0.4, 0.5) is 18.0 Å². The number of esters is 1. The van der Waals surface area contributed by atoms with Crippen molar-refractivity contribution in [2.75, 3.05) is 6.61 Å². The third kappa shape index (κ3) is 4.15. The minimum atomic E-state index is -4.66. The minimum Gasteiger partial charge on any atom is -0.508 e. The van der Waals surface area contributed by atoms with Crippen LogP contribution in [0.5, 0.6) is 5.75 Å². The van der Waals surface area contributed by atoms with Crippen molar-refractivity contribution >= 4 is 12.0 Å². The number of benzene rings is 1. The van der Waals surface area contributed by atoms with E-state index >= 15 is 0 Å². The van der Waals surface area contributed by atoms with Gasteiger partial charge in [0, 0.05) is 5.70 Å². The molecule has 0 bridgehead atoms. The third-order valence-electron chi connectivity index (χ3n) is 3.13. The standard InChI is InChI=1S/C14H13F3N2O4/c1-7-10(12(21)23-6-14(15,16)17)11(19-13(22)18-7)8-3-2-4-9(20)5-8/h2-5,10-11,20H,1,6H2,(H2,18,19,22). The molecule has 2 unspecified atom stereocenters. The van der Waals surface area contributed by atoms with E-state index in [0.29, 0.717) is 5.56 Å². The number of alkyl halides is 3. The summed E-state index contributed by atoms with van der Waals surface area (Å²) in [5, 5.41) is 14.1. The van der Waals surface area contributed by atoms with Crippen LogP contribution in [0, 0.1) is 5.92 Å². The van der Waals surface area contributed by atoms with Gasteiger partial charge in [0.1, 0.15) is 11.7 Å². The molecule has 9 heteroatoms. The number of carbonyl (C=O) groups excluding carboxylic acids is 2. The van der Waals surface area contributed by atoms with Crippen LogP contribution in [0.1, 0.15) is 11.6 Å². The van der Waals surface area contributed by atoms with E-state index in [9.17, 15) is 27.9 Å². The van der Waals surface area contributed by atoms with E-state index in [4.69, 9.17) is 0 Å². The molecule has 1 aromatic rings. The first kappa shape index (κ1) is 16.7. The second-order valence-electron chi connectivity index (χ2n) is 4.90. The number of halogens is 3. The Labute approximate surface area is 128 Å². The fourth-order valence-electron chi connectivity index (χ4n) is 2.20. The monoisotopic (exact) mass is 330 g/mol. The normalized spacial score (nSPS) is 21.3. The number of hydrogen-bond acceptors (Lipinski definition) is 4. The second-order valence-corrected chi connectivity index (χ2v) is 4.90. The zero-order valence-electron chi connectivity index (χ0n) is 11.7. The van der Waals surface area contributed by atoms with Gasteiger partial charge in [-0.1, -0.05) is 18.7 Å². The Morgan fingerprint density at radius 1 is 1.39 bits per heavy atom. The molecule has 2 atom stereocenters. The van der Waals surface area contributed by atoms with Gasteiger partial charge in [-0.25, -0.2) is 4.79 Å². The van der Waals surface area contributed by atoms with Gasteiger partial charge in [-0.3, -0.25) is 4.79 Å². The summed E-state index contributed by atoms with van der Waals surface area (Å²) >= 11 is 0. The van der Waals surface area contributed by atoms with Gasteiger partial charge < -0.3 is 20.5 Å². The molecule has 1 aliphatic rings. The van der Waals surface area contributed by atoms with Gasteiger partial charge >= 0.3 is 18.2 Å². The molecule has 23 heavy (non-hydrogen) atoms. The lowest BCUT2D eigenvalue weighted by atomic mass is 9.89. The molecule has 1 aromatic carbocycles. The minimum absolute atomic E-state index is 0.0886. The Hall–Kier alpha value is -2.71. The summed E-state index contributed by atoms with van der Waals surface area (Å²) in [6.07, 6.45) is -4.66. The molecule has 0 spiro atoms. The van der Waals surface area contributed by atoms with Gasteiger partial charge in [-0.2, -0.15) is 13.2 Å². The highest BCUT2D eigenvalue weighted by Crippen LogP contribution is 2.32. The molecule has 6 nitrogen and oxygen atoms in total. The van der Waals surface area contributed by atoms with Crippen LogP contribution < -0.4 is 10.6 Å². The van der Waals surface area contributed by atoms with Crippen molar-refractivity contribution in [2.45, 2.75) is 12.2 Å². The first-order valence-corrected chi connectivity index (χ1v) is 6.46. The first-order chi connectivity index (χ1) is 10.7. The van der Waals surface area contributed by atoms with Crippen molar-refractivity contribution in [3.05, 3.63) is 42.1 Å². The van der Waals surface area contributed by atoms with E-state index in [0.717, 1.165) is 0 Å². The van der Waals surface area contributed by atoms with Gasteiger partial charge in [0.05, 0.1) is 6.04 Å². The quantitative estimate of drug-likeness (QED) is 0.740. The molecule has 0 aromatic heterocycles. The number of carbonyl (C=O) groups is 2. The number of ether oxygens (including phenoxy) is 1. The predicted octanol–water partition coefficient (Wildman–Crippen LogP) is 1.98. The van der Waals surface area contributed by atoms with Crippen molar-refractivity contribution in [1.82, 2.24) is 10.6 Å². The van der Waals surface area contributed by atoms with Crippen LogP contribution in [-0.4, -0.2) is 29.9 Å². The van der Waals surface area contributed by atoms with E-state index in [2.05, 4.69) is 21.9 Å². The molecule has 3 N–H and O–H groups in total. The number of amides is 2. The second kappa shape index (κ2) is 6.19. The Bertz CT molecular complexity index is 645. The average Bonchev–Trinajstić information content (AvgIpc) is 2.43. The molecular formula is C14H13F3N2O4. The summed E-state index contributed by atoms with van der Waals surface area (Å²) in [6, 6.07) is 3.96. The number of aromatic hydroxyl groups is 1. The van der Waals surface area contributed by atoms with Crippen LogP contribution in [0.3, 0.4) is 0 Å². The zero-order chi connectivity index (χ0) is 17.2. The molecule has 2 amide bonds. The van der Waals surface area contributed by atoms with Gasteiger partial charge in [0.15, 0.2) is 6.61 Å². The summed E-state index contributed by atoms with van der Waals surface area (Å²) in [6.45, 7) is 1.75. The lowest BCUT2D eigenvalue weighted by Crippen LogP contribution is -2.51. The highest BCUT2D eigenvalue weighted by atomic mass is 19.4. The summed E-state index contributed by atoms with van der Waals surface area (Å²) < 4.78 is 40.8. The van der Waals surface area contributed by atoms with Crippen molar-refractivity contribution in [3.63, 3.8) is 0 Å². The van der Waals surface area contributed by atoms with E-state index in [1.54, 1.807) is 0 Å². The lowest BCUT2D eigenvalue weighted by molar-refractivity contribution is -0.189. The summed E-state index contributed by atoms with van der Waals surface area (Å²) in [4.78, 5) is 23.5. The van der Waals surface area contributed by atoms with Crippen LogP contribution in [0.15, 0.2) is 36.5 Å². The van der Waals surface area contributed by atoms with Crippen molar-refractivity contribution in [2.24, 2.45) is 5.92 Å². The fraction of sp³-hybridized carbons (Fsp3) is 0.286. The average molecular weight is 330 g/mol. The Kier molecular flexibility index (Phi) is 4.48. The SMILES string of the molecule is C=C1NC(=O)NC(c2cccc(O)c2)C1C(=O)OCC(F)(F)F. The van der Waals surface area contributed by atoms with Gasteiger partial charge in [-0.05, 0) is 17.7 Å². The third-order valence-corrected chi connectivity index (χ3v) is 3.13. The molecule has 2 rings (SSSR count). The van der Waals surface area contributed by atoms with Crippen LogP contribution >= 0.6 is 0 Å². The maximum Gasteiger partial charge on any atom is 0.422 e. The van der Waals surface area contributed by atoms with Crippen LogP contribution in [0.2, 0.25) is 0 Å². The number of urea groups is 1. The lowest BCUT2D eigenvalue weighted by Gasteiger charge is -2.33. The molecule has 0 saturated carbocycles. The van der Waals surface area contributed by atoms with Crippen LogP contribution in [0.25, 0.3) is 0 Å². The molecule has 1 saturated heterocycles. The van der Waals surface area contributed by atoms with Crippen molar-refractivity contribution < 1.29 is 32.6 Å². The van der Waals surface area contributed by atoms with Crippen LogP contribution in [-0.2, 0) is 9.53 Å². The number of phenolic OH excluding ortho intramolecular Hbond substituents is 1. The van der Waals surface area contributed by atoms with E-state index < -0.39 is 36.7 Å². The molecule has 1 fully saturated rings. The first-order valence-electron chi connectivity index (χ1n) is 6.46. The Morgan fingerprint density at radius 2 is 2.09 bits per heavy atom. The van der Waals surface area contributed by atoms with E-state index in [1.165, 1.54) is 24.3 Å². The topological polar surface area (TPSA) is 87.7 Å². The largest absolute Gasteiger partial charge is 0.508 e. The van der Waals surface area contributed by atoms with E-state index in [-0.39, 0.29) is 11.4 Å². The molecule has 0 aliphatic carbocycles. The summed E-state index contributed by atoms with van der Waals surface area (Å²) in [5.41, 5.74) is 0.240. The van der Waals surface area contributed by atoms with Gasteiger partial charge in [0.25, 0.3) is 0 Å². The maximum atomic E-state index is 12.2. The Morgan fingerprint density at radius 3 is 2.70 bits per heavy atom. The summed E-state index contributed by atoms with van der Waals surface area (Å²) in [5.74, 6) is -2.58. The Balaban J connectivity index is 2.26. The zero-order valence-corrected chi connectivity index (χ0v) is 11.7. The molecule has 1 aliphatic heterocycles. The van der Waals surface area contributed by atoms with Gasteiger partial charge in [-0.15, -0.1) is 0 Å². The van der Waals surface area contributed by atoms with Crippen molar-refractivity contribution in [1.29, 1.82) is 0 Å². The molecule has 1 heterocycles. The van der Waals surface area contributed by atoms with E-state index in [1.807, 2.05) is 0 Å². The molecule has 124 valence electrons. The molecule has 0 radical (unpaired) electrons. The number of phenols is 1. The van der Waals surface area contributed by atoms with Crippen molar-refractivity contribution in [3.8, 4) is 5.75 Å². The molecular weight excluding hydrogens is 317 g/mol. The maximum absolute atomic E-state index is 12.2. The fourth-order valence-corrected chi connectivity index (χ4v) is 2.20. The smallest absolute Gasteiger partial charge is 0.422 e. The number of nitrogens with one attached hydrogen (secondary N) is 2. The number of rotatable bonds is 3. The number of hydrogen-bond donors (Lipinski definition) is 3. The highest BCUT2D eigenvalue weighted by Gasteiger charge is 2.40. The predicted molar refractivity (Wildman–Crippen MR) is 72.2 cm³/mol. The highest BCUT2D eigenvalue weighted by molar-refractivity contribution is 5.85. The summed E-state index contributed by atoms with van der Waals surface area (Å²) in [7, 11) is 0. The van der Waals surface area contributed by atoms with Gasteiger partial charge in [0.2, 0.25) is 0 Å².